The summed E-state index contributed by atoms with van der Waals surface area (Å²) in [6, 6.07) is 2.96. The minimum Gasteiger partial charge on any atom is -0.392 e. The minimum atomic E-state index is -0.684. The van der Waals surface area contributed by atoms with Crippen LogP contribution in [0.5, 0.6) is 0 Å². The molecule has 0 aliphatic heterocycles. The van der Waals surface area contributed by atoms with Crippen LogP contribution in [0.3, 0.4) is 0 Å². The van der Waals surface area contributed by atoms with Crippen LogP contribution in [0, 0.1) is 40.7 Å². The van der Waals surface area contributed by atoms with E-state index in [0.29, 0.717) is 12.1 Å². The number of halogens is 2. The summed E-state index contributed by atoms with van der Waals surface area (Å²) in [7, 11) is 0. The fraction of sp³-hybridized carbons (Fsp3) is 0.680. The van der Waals surface area contributed by atoms with Gasteiger partial charge in [-0.15, -0.1) is 0 Å². The molecule has 184 valence electrons. The fourth-order valence-corrected chi connectivity index (χ4v) is 6.14. The van der Waals surface area contributed by atoms with Crippen LogP contribution in [0.2, 0.25) is 0 Å². The van der Waals surface area contributed by atoms with Gasteiger partial charge in [0.25, 0.3) is 0 Å². The highest BCUT2D eigenvalue weighted by Crippen LogP contribution is 2.55. The lowest BCUT2D eigenvalue weighted by Crippen LogP contribution is -2.59. The molecule has 3 rings (SSSR count). The van der Waals surface area contributed by atoms with Crippen LogP contribution >= 0.6 is 0 Å². The molecule has 2 aliphatic rings. The Bertz CT molecular complexity index is 847. The monoisotopic (exact) mass is 465 g/mol. The number of hydrogen-bond acceptors (Lipinski definition) is 3. The number of nitrogens with one attached hydrogen (secondary N) is 3. The van der Waals surface area contributed by atoms with E-state index in [2.05, 4.69) is 29.8 Å². The minimum absolute atomic E-state index is 0.0246. The second-order valence-corrected chi connectivity index (χ2v) is 10.2. The van der Waals surface area contributed by atoms with Gasteiger partial charge in [-0.25, -0.2) is 13.6 Å². The Morgan fingerprint density at radius 1 is 1.15 bits per heavy atom. The first kappa shape index (κ1) is 25.4. The van der Waals surface area contributed by atoms with E-state index in [0.717, 1.165) is 31.7 Å². The summed E-state index contributed by atoms with van der Waals surface area (Å²) >= 11 is 0. The second kappa shape index (κ2) is 10.4. The molecule has 0 spiro atoms. The van der Waals surface area contributed by atoms with Crippen molar-refractivity contribution in [2.45, 2.75) is 72.1 Å². The number of aliphatic hydroxyl groups is 1. The van der Waals surface area contributed by atoms with Crippen molar-refractivity contribution in [1.29, 1.82) is 0 Å². The molecule has 6 nitrogen and oxygen atoms in total. The summed E-state index contributed by atoms with van der Waals surface area (Å²) < 4.78 is 26.8. The maximum absolute atomic E-state index is 13.4. The molecule has 1 aromatic carbocycles. The number of hydrogen-bond donors (Lipinski definition) is 4. The zero-order valence-electron chi connectivity index (χ0n) is 20.0. The van der Waals surface area contributed by atoms with Gasteiger partial charge < -0.3 is 21.1 Å². The van der Waals surface area contributed by atoms with Crippen molar-refractivity contribution in [2.75, 3.05) is 6.54 Å². The SMILES string of the molecule is CCNC(=O)N[C@H]1CC[C@]2(C)CC[C@@H]([C@H](C)C(=O)NCc3cc(F)cc(F)c3)[C@H](O)[C@H]2[C@@H]1C. The fourth-order valence-electron chi connectivity index (χ4n) is 6.14. The number of carbonyl (C=O) groups excluding carboxylic acids is 2. The van der Waals surface area contributed by atoms with E-state index in [1.807, 2.05) is 6.92 Å². The van der Waals surface area contributed by atoms with Gasteiger partial charge in [-0.1, -0.05) is 20.8 Å². The number of fused-ring (bicyclic) bond motifs is 1. The quantitative estimate of drug-likeness (QED) is 0.516. The van der Waals surface area contributed by atoms with Gasteiger partial charge in [0.05, 0.1) is 6.10 Å². The van der Waals surface area contributed by atoms with Crippen LogP contribution in [-0.2, 0) is 11.3 Å². The van der Waals surface area contributed by atoms with Crippen LogP contribution in [-0.4, -0.2) is 35.7 Å². The van der Waals surface area contributed by atoms with Crippen molar-refractivity contribution in [3.05, 3.63) is 35.4 Å². The van der Waals surface area contributed by atoms with E-state index in [9.17, 15) is 23.5 Å². The first-order valence-electron chi connectivity index (χ1n) is 12.0. The largest absolute Gasteiger partial charge is 0.392 e. The molecule has 8 heteroatoms. The maximum atomic E-state index is 13.4. The Balaban J connectivity index is 1.66. The van der Waals surface area contributed by atoms with Crippen LogP contribution in [0.4, 0.5) is 13.6 Å². The van der Waals surface area contributed by atoms with Crippen molar-refractivity contribution in [3.8, 4) is 0 Å². The molecular formula is C25H37F2N3O3. The Kier molecular flexibility index (Phi) is 7.98. The highest BCUT2D eigenvalue weighted by molar-refractivity contribution is 5.78. The Morgan fingerprint density at radius 2 is 1.79 bits per heavy atom. The average Bonchev–Trinajstić information content (AvgIpc) is 2.73. The topological polar surface area (TPSA) is 90.5 Å². The van der Waals surface area contributed by atoms with Gasteiger partial charge in [0.1, 0.15) is 11.6 Å². The molecule has 4 N–H and O–H groups in total. The molecule has 0 aromatic heterocycles. The van der Waals surface area contributed by atoms with Gasteiger partial charge in [0.2, 0.25) is 5.91 Å². The molecule has 0 unspecified atom stereocenters. The standard InChI is InChI=1S/C25H37F2N3O3/c1-5-28-24(33)30-20-7-9-25(4)8-6-19(22(31)21(25)15(20)3)14(2)23(32)29-13-16-10-17(26)12-18(27)11-16/h10-12,14-15,19-22,31H,5-9,13H2,1-4H3,(H,29,32)(H2,28,30,33)/t14-,15+,19-,20-,21+,22-,25-/m0/s1. The van der Waals surface area contributed by atoms with Crippen molar-refractivity contribution >= 4 is 11.9 Å². The van der Waals surface area contributed by atoms with Crippen LogP contribution in [0.25, 0.3) is 0 Å². The number of rotatable bonds is 6. The molecular weight excluding hydrogens is 428 g/mol. The number of benzene rings is 1. The molecule has 2 aliphatic carbocycles. The Morgan fingerprint density at radius 3 is 2.42 bits per heavy atom. The summed E-state index contributed by atoms with van der Waals surface area (Å²) in [4.78, 5) is 24.9. The van der Waals surface area contributed by atoms with Gasteiger partial charge in [-0.05, 0) is 73.5 Å². The lowest BCUT2D eigenvalue weighted by atomic mass is 9.52. The van der Waals surface area contributed by atoms with Gasteiger partial charge in [0.15, 0.2) is 0 Å². The lowest BCUT2D eigenvalue weighted by Gasteiger charge is -2.56. The van der Waals surface area contributed by atoms with E-state index >= 15 is 0 Å². The van der Waals surface area contributed by atoms with E-state index in [4.69, 9.17) is 0 Å². The molecule has 0 saturated heterocycles. The predicted octanol–water partition coefficient (Wildman–Crippen LogP) is 3.73. The molecule has 0 heterocycles. The van der Waals surface area contributed by atoms with E-state index < -0.39 is 23.7 Å². The Hall–Kier alpha value is -2.22. The molecule has 33 heavy (non-hydrogen) atoms. The normalized spacial score (nSPS) is 32.4. The molecule has 7 atom stereocenters. The third-order valence-electron chi connectivity index (χ3n) is 7.99. The highest BCUT2D eigenvalue weighted by Gasteiger charge is 2.53. The van der Waals surface area contributed by atoms with Crippen molar-refractivity contribution in [1.82, 2.24) is 16.0 Å². The molecule has 1 aromatic rings. The van der Waals surface area contributed by atoms with E-state index in [-0.39, 0.29) is 47.7 Å². The predicted molar refractivity (Wildman–Crippen MR) is 122 cm³/mol. The molecule has 2 fully saturated rings. The van der Waals surface area contributed by atoms with Crippen LogP contribution in [0.15, 0.2) is 18.2 Å². The highest BCUT2D eigenvalue weighted by atomic mass is 19.1. The second-order valence-electron chi connectivity index (χ2n) is 10.2. The summed E-state index contributed by atoms with van der Waals surface area (Å²) in [6.07, 6.45) is 2.74. The first-order chi connectivity index (χ1) is 15.6. The summed E-state index contributed by atoms with van der Waals surface area (Å²) in [5.74, 6) is -2.26. The molecule has 3 amide bonds. The maximum Gasteiger partial charge on any atom is 0.315 e. The molecule has 0 radical (unpaired) electrons. The van der Waals surface area contributed by atoms with Crippen LogP contribution in [0.1, 0.15) is 58.9 Å². The molecule has 2 saturated carbocycles. The van der Waals surface area contributed by atoms with Gasteiger partial charge in [-0.2, -0.15) is 0 Å². The van der Waals surface area contributed by atoms with Crippen molar-refractivity contribution in [3.63, 3.8) is 0 Å². The zero-order valence-corrected chi connectivity index (χ0v) is 20.0. The van der Waals surface area contributed by atoms with Crippen LogP contribution < -0.4 is 16.0 Å². The number of carbonyl (C=O) groups is 2. The lowest BCUT2D eigenvalue weighted by molar-refractivity contribution is -0.142. The summed E-state index contributed by atoms with van der Waals surface area (Å²) in [5.41, 5.74) is 0.314. The third-order valence-corrected chi connectivity index (χ3v) is 7.99. The van der Waals surface area contributed by atoms with E-state index in [1.54, 1.807) is 6.92 Å². The first-order valence-corrected chi connectivity index (χ1v) is 12.0. The third kappa shape index (κ3) is 5.65. The summed E-state index contributed by atoms with van der Waals surface area (Å²) in [6.45, 7) is 8.53. The number of urea groups is 1. The van der Waals surface area contributed by atoms with Gasteiger partial charge >= 0.3 is 6.03 Å². The average molecular weight is 466 g/mol. The molecule has 0 bridgehead atoms. The zero-order chi connectivity index (χ0) is 24.3. The number of amides is 3. The van der Waals surface area contributed by atoms with E-state index in [1.165, 1.54) is 12.1 Å². The van der Waals surface area contributed by atoms with Gasteiger partial charge in [0, 0.05) is 31.1 Å². The van der Waals surface area contributed by atoms with Gasteiger partial charge in [-0.3, -0.25) is 4.79 Å². The smallest absolute Gasteiger partial charge is 0.315 e. The summed E-state index contributed by atoms with van der Waals surface area (Å²) in [5, 5.41) is 20.0. The van der Waals surface area contributed by atoms with Crippen molar-refractivity contribution in [2.24, 2.45) is 29.1 Å². The van der Waals surface area contributed by atoms with Crippen molar-refractivity contribution < 1.29 is 23.5 Å². The number of aliphatic hydroxyl groups excluding tert-OH is 1. The Labute approximate surface area is 194 Å².